The van der Waals surface area contributed by atoms with Crippen LogP contribution in [0.3, 0.4) is 0 Å². The number of piperazine rings is 1. The predicted octanol–water partition coefficient (Wildman–Crippen LogP) is 2.12. The first-order valence-electron chi connectivity index (χ1n) is 6.38. The molecule has 0 spiro atoms. The summed E-state index contributed by atoms with van der Waals surface area (Å²) in [5.41, 5.74) is 0. The summed E-state index contributed by atoms with van der Waals surface area (Å²) in [7, 11) is 0. The van der Waals surface area contributed by atoms with E-state index in [1.54, 1.807) is 0 Å². The molecule has 0 aromatic rings. The van der Waals surface area contributed by atoms with E-state index in [1.165, 1.54) is 38.9 Å². The molecule has 2 saturated heterocycles. The van der Waals surface area contributed by atoms with Crippen LogP contribution < -0.4 is 0 Å². The molecule has 86 valence electrons. The van der Waals surface area contributed by atoms with E-state index in [9.17, 15) is 0 Å². The maximum atomic E-state index is 3.93. The van der Waals surface area contributed by atoms with E-state index < -0.39 is 0 Å². The zero-order valence-corrected chi connectivity index (χ0v) is 10.2. The highest BCUT2D eigenvalue weighted by molar-refractivity contribution is 4.97. The predicted molar refractivity (Wildman–Crippen MR) is 65.0 cm³/mol. The van der Waals surface area contributed by atoms with Crippen LogP contribution in [0.25, 0.3) is 0 Å². The number of fused-ring (bicyclic) bond motifs is 1. The van der Waals surface area contributed by atoms with E-state index in [2.05, 4.69) is 36.3 Å². The van der Waals surface area contributed by atoms with E-state index in [0.717, 1.165) is 12.1 Å². The maximum absolute atomic E-state index is 3.93. The third-order valence-electron chi connectivity index (χ3n) is 4.17. The van der Waals surface area contributed by atoms with Gasteiger partial charge in [0.05, 0.1) is 0 Å². The first kappa shape index (κ1) is 11.2. The molecule has 0 radical (unpaired) electrons. The van der Waals surface area contributed by atoms with Crippen molar-refractivity contribution < 1.29 is 0 Å². The second-order valence-corrected chi connectivity index (χ2v) is 5.03. The lowest BCUT2D eigenvalue weighted by molar-refractivity contribution is 0.0356. The Morgan fingerprint density at radius 3 is 2.93 bits per heavy atom. The highest BCUT2D eigenvalue weighted by atomic mass is 15.3. The van der Waals surface area contributed by atoms with Crippen LogP contribution in [-0.4, -0.2) is 47.6 Å². The van der Waals surface area contributed by atoms with Crippen LogP contribution in [-0.2, 0) is 0 Å². The van der Waals surface area contributed by atoms with Crippen molar-refractivity contribution >= 4 is 0 Å². The molecule has 0 aliphatic carbocycles. The van der Waals surface area contributed by atoms with Crippen molar-refractivity contribution in [2.24, 2.45) is 0 Å². The molecule has 2 fully saturated rings. The summed E-state index contributed by atoms with van der Waals surface area (Å²) in [5, 5.41) is 0. The minimum atomic E-state index is 0.540. The Balaban J connectivity index is 2.05. The van der Waals surface area contributed by atoms with Gasteiger partial charge < -0.3 is 0 Å². The molecule has 0 aromatic carbocycles. The van der Waals surface area contributed by atoms with Crippen molar-refractivity contribution in [2.45, 2.75) is 51.2 Å². The summed E-state index contributed by atoms with van der Waals surface area (Å²) in [4.78, 5) is 5.35. The highest BCUT2D eigenvalue weighted by Crippen LogP contribution is 2.27. The minimum absolute atomic E-state index is 0.540. The Bertz CT molecular complexity index is 227. The maximum Gasteiger partial charge on any atom is 0.0251 e. The molecule has 3 unspecified atom stereocenters. The molecule has 3 atom stereocenters. The molecule has 0 saturated carbocycles. The Morgan fingerprint density at radius 1 is 1.47 bits per heavy atom. The van der Waals surface area contributed by atoms with Gasteiger partial charge in [-0.05, 0) is 32.7 Å². The van der Waals surface area contributed by atoms with Gasteiger partial charge in [0.25, 0.3) is 0 Å². The van der Waals surface area contributed by atoms with Gasteiger partial charge in [0.1, 0.15) is 0 Å². The Morgan fingerprint density at radius 2 is 2.27 bits per heavy atom. The van der Waals surface area contributed by atoms with Gasteiger partial charge in [-0.2, -0.15) is 0 Å². The molecule has 2 aliphatic heterocycles. The van der Waals surface area contributed by atoms with E-state index >= 15 is 0 Å². The van der Waals surface area contributed by atoms with Crippen LogP contribution in [0.5, 0.6) is 0 Å². The van der Waals surface area contributed by atoms with Crippen LogP contribution in [0.1, 0.15) is 33.1 Å². The Labute approximate surface area is 93.9 Å². The lowest BCUT2D eigenvalue weighted by atomic mass is 10.0. The molecule has 15 heavy (non-hydrogen) atoms. The fourth-order valence-electron chi connectivity index (χ4n) is 3.11. The molecule has 0 aromatic heterocycles. The van der Waals surface area contributed by atoms with E-state index in [-0.39, 0.29) is 0 Å². The molecule has 2 heteroatoms. The topological polar surface area (TPSA) is 6.48 Å². The van der Waals surface area contributed by atoms with Crippen LogP contribution in [0.15, 0.2) is 12.7 Å². The van der Waals surface area contributed by atoms with Gasteiger partial charge in [-0.15, -0.1) is 6.58 Å². The summed E-state index contributed by atoms with van der Waals surface area (Å²) in [6.45, 7) is 12.4. The molecule has 2 aliphatic rings. The molecule has 0 amide bonds. The molecule has 2 heterocycles. The number of hydrogen-bond donors (Lipinski definition) is 0. The van der Waals surface area contributed by atoms with Gasteiger partial charge in [-0.1, -0.05) is 13.0 Å². The number of nitrogens with zero attached hydrogens (tertiary/aromatic N) is 2. The average Bonchev–Trinajstić information content (AvgIpc) is 2.73. The Hall–Kier alpha value is -0.340. The smallest absolute Gasteiger partial charge is 0.0251 e. The van der Waals surface area contributed by atoms with Gasteiger partial charge in [0.15, 0.2) is 0 Å². The standard InChI is InChI=1S/C13H24N2/c1-4-11(3)15-10-13-7-6-8-14(13)9-12(15)5-2/h4,11-13H,1,5-10H2,2-3H3. The van der Waals surface area contributed by atoms with Gasteiger partial charge in [-0.3, -0.25) is 9.80 Å². The molecular weight excluding hydrogens is 184 g/mol. The van der Waals surface area contributed by atoms with Gasteiger partial charge in [0.2, 0.25) is 0 Å². The summed E-state index contributed by atoms with van der Waals surface area (Å²) >= 11 is 0. The minimum Gasteiger partial charge on any atom is -0.298 e. The van der Waals surface area contributed by atoms with Crippen molar-refractivity contribution in [3.63, 3.8) is 0 Å². The van der Waals surface area contributed by atoms with Gasteiger partial charge in [-0.25, -0.2) is 0 Å². The third kappa shape index (κ3) is 2.11. The second-order valence-electron chi connectivity index (χ2n) is 5.03. The lowest BCUT2D eigenvalue weighted by Crippen LogP contribution is -2.57. The van der Waals surface area contributed by atoms with E-state index in [4.69, 9.17) is 0 Å². The summed E-state index contributed by atoms with van der Waals surface area (Å²) in [6, 6.07) is 2.11. The van der Waals surface area contributed by atoms with Crippen molar-refractivity contribution in [1.29, 1.82) is 0 Å². The molecule has 0 N–H and O–H groups in total. The zero-order valence-electron chi connectivity index (χ0n) is 10.2. The summed E-state index contributed by atoms with van der Waals surface area (Å²) < 4.78 is 0. The third-order valence-corrected chi connectivity index (χ3v) is 4.17. The average molecular weight is 208 g/mol. The van der Waals surface area contributed by atoms with Crippen molar-refractivity contribution in [2.75, 3.05) is 19.6 Å². The van der Waals surface area contributed by atoms with E-state index in [1.807, 2.05) is 0 Å². The van der Waals surface area contributed by atoms with Gasteiger partial charge in [0, 0.05) is 31.2 Å². The number of rotatable bonds is 3. The van der Waals surface area contributed by atoms with Crippen molar-refractivity contribution in [1.82, 2.24) is 9.80 Å². The molecular formula is C13H24N2. The monoisotopic (exact) mass is 208 g/mol. The SMILES string of the molecule is C=CC(C)N1CC2CCCN2CC1CC. The van der Waals surface area contributed by atoms with Crippen molar-refractivity contribution in [3.05, 3.63) is 12.7 Å². The van der Waals surface area contributed by atoms with Crippen molar-refractivity contribution in [3.8, 4) is 0 Å². The number of hydrogen-bond acceptors (Lipinski definition) is 2. The summed E-state index contributed by atoms with van der Waals surface area (Å²) in [6.07, 6.45) is 6.16. The van der Waals surface area contributed by atoms with Crippen LogP contribution in [0.2, 0.25) is 0 Å². The normalized spacial score (nSPS) is 35.1. The largest absolute Gasteiger partial charge is 0.298 e. The van der Waals surface area contributed by atoms with Crippen LogP contribution in [0, 0.1) is 0 Å². The summed E-state index contributed by atoms with van der Waals surface area (Å²) in [5.74, 6) is 0. The van der Waals surface area contributed by atoms with E-state index in [0.29, 0.717) is 6.04 Å². The second kappa shape index (κ2) is 4.67. The molecule has 0 bridgehead atoms. The Kier molecular flexibility index (Phi) is 3.47. The molecule has 2 nitrogen and oxygen atoms in total. The lowest BCUT2D eigenvalue weighted by Gasteiger charge is -2.45. The molecule has 2 rings (SSSR count). The fraction of sp³-hybridized carbons (Fsp3) is 0.846. The quantitative estimate of drug-likeness (QED) is 0.656. The van der Waals surface area contributed by atoms with Gasteiger partial charge >= 0.3 is 0 Å². The van der Waals surface area contributed by atoms with Crippen LogP contribution >= 0.6 is 0 Å². The zero-order chi connectivity index (χ0) is 10.8. The highest BCUT2D eigenvalue weighted by Gasteiger charge is 2.36. The first-order chi connectivity index (χ1) is 7.26. The first-order valence-corrected chi connectivity index (χ1v) is 6.38. The fourth-order valence-corrected chi connectivity index (χ4v) is 3.11. The van der Waals surface area contributed by atoms with Crippen LogP contribution in [0.4, 0.5) is 0 Å².